The van der Waals surface area contributed by atoms with Crippen LogP contribution in [0.15, 0.2) is 25.3 Å². The fourth-order valence-corrected chi connectivity index (χ4v) is 0.231. The molecule has 0 bridgehead atoms. The minimum Gasteiger partial charge on any atom is -0.478 e. The molecular formula is C8H13NO4. The van der Waals surface area contributed by atoms with Crippen molar-refractivity contribution >= 4 is 12.1 Å². The summed E-state index contributed by atoms with van der Waals surface area (Å²) in [5.41, 5.74) is 4.66. The molecule has 0 radical (unpaired) electrons. The van der Waals surface area contributed by atoms with E-state index in [1.54, 1.807) is 6.92 Å². The number of carboxylic acids is 1. The van der Waals surface area contributed by atoms with Gasteiger partial charge in [-0.2, -0.15) is 0 Å². The van der Waals surface area contributed by atoms with Gasteiger partial charge in [-0.3, -0.25) is 0 Å². The quantitative estimate of drug-likeness (QED) is 0.507. The van der Waals surface area contributed by atoms with Gasteiger partial charge in [-0.25, -0.2) is 9.59 Å². The van der Waals surface area contributed by atoms with Gasteiger partial charge in [0, 0.05) is 6.08 Å². The van der Waals surface area contributed by atoms with Gasteiger partial charge in [0.15, 0.2) is 0 Å². The molecule has 0 aromatic carbocycles. The predicted molar refractivity (Wildman–Crippen MR) is 48.2 cm³/mol. The maximum atomic E-state index is 9.92. The number of carbonyl (C=O) groups excluding carboxylic acids is 1. The Bertz CT molecular complexity index is 200. The number of primary amides is 1. The number of nitrogens with two attached hydrogens (primary N) is 1. The highest BCUT2D eigenvalue weighted by Crippen LogP contribution is 1.88. The van der Waals surface area contributed by atoms with Crippen LogP contribution in [0.4, 0.5) is 4.79 Å². The fourth-order valence-electron chi connectivity index (χ4n) is 0.231. The van der Waals surface area contributed by atoms with Crippen molar-refractivity contribution < 1.29 is 19.4 Å². The highest BCUT2D eigenvalue weighted by atomic mass is 16.6. The van der Waals surface area contributed by atoms with Gasteiger partial charge in [-0.05, 0) is 6.92 Å². The number of aliphatic carboxylic acids is 1. The van der Waals surface area contributed by atoms with Gasteiger partial charge in [0.25, 0.3) is 0 Å². The molecule has 1 unspecified atom stereocenters. The van der Waals surface area contributed by atoms with Crippen molar-refractivity contribution in [1.82, 2.24) is 0 Å². The summed E-state index contributed by atoms with van der Waals surface area (Å²) in [5, 5.41) is 7.60. The van der Waals surface area contributed by atoms with Crippen LogP contribution < -0.4 is 5.73 Å². The van der Waals surface area contributed by atoms with Crippen LogP contribution in [0.5, 0.6) is 0 Å². The lowest BCUT2D eigenvalue weighted by molar-refractivity contribution is -0.131. The topological polar surface area (TPSA) is 89.6 Å². The van der Waals surface area contributed by atoms with Gasteiger partial charge in [0.2, 0.25) is 0 Å². The Morgan fingerprint density at radius 1 is 1.54 bits per heavy atom. The van der Waals surface area contributed by atoms with E-state index in [9.17, 15) is 9.59 Å². The summed E-state index contributed by atoms with van der Waals surface area (Å²) in [7, 11) is 0. The van der Waals surface area contributed by atoms with Crippen molar-refractivity contribution in [3.8, 4) is 0 Å². The van der Waals surface area contributed by atoms with E-state index in [0.717, 1.165) is 6.08 Å². The van der Waals surface area contributed by atoms with Crippen LogP contribution in [0.2, 0.25) is 0 Å². The molecule has 0 saturated heterocycles. The van der Waals surface area contributed by atoms with Gasteiger partial charge in [-0.1, -0.05) is 19.2 Å². The van der Waals surface area contributed by atoms with Crippen LogP contribution >= 0.6 is 0 Å². The van der Waals surface area contributed by atoms with Gasteiger partial charge in [0.1, 0.15) is 6.10 Å². The molecule has 0 aliphatic carbocycles. The summed E-state index contributed by atoms with van der Waals surface area (Å²) in [6, 6.07) is 0. The number of hydrogen-bond donors (Lipinski definition) is 2. The number of hydrogen-bond acceptors (Lipinski definition) is 3. The van der Waals surface area contributed by atoms with Crippen molar-refractivity contribution in [3.63, 3.8) is 0 Å². The largest absolute Gasteiger partial charge is 0.478 e. The molecule has 0 aromatic rings. The highest BCUT2D eigenvalue weighted by Gasteiger charge is 1.97. The summed E-state index contributed by atoms with van der Waals surface area (Å²) < 4.78 is 4.42. The van der Waals surface area contributed by atoms with Gasteiger partial charge >= 0.3 is 12.1 Å². The summed E-state index contributed by atoms with van der Waals surface area (Å²) in [5.74, 6) is -0.981. The van der Waals surface area contributed by atoms with Crippen LogP contribution in [-0.4, -0.2) is 23.3 Å². The van der Waals surface area contributed by atoms with Crippen LogP contribution in [0, 0.1) is 0 Å². The molecule has 13 heavy (non-hydrogen) atoms. The smallest absolute Gasteiger partial charge is 0.405 e. The second-order valence-corrected chi connectivity index (χ2v) is 1.92. The Hall–Kier alpha value is -1.78. The predicted octanol–water partition coefficient (Wildman–Crippen LogP) is 0.913. The van der Waals surface area contributed by atoms with Crippen molar-refractivity contribution in [1.29, 1.82) is 0 Å². The number of rotatable bonds is 3. The normalized spacial score (nSPS) is 9.92. The Morgan fingerprint density at radius 2 is 1.92 bits per heavy atom. The minimum absolute atomic E-state index is 0.285. The molecule has 0 aliphatic heterocycles. The first-order chi connectivity index (χ1) is 5.93. The molecule has 0 aromatic heterocycles. The van der Waals surface area contributed by atoms with Crippen LogP contribution in [0.1, 0.15) is 6.92 Å². The molecule has 3 N–H and O–H groups in total. The van der Waals surface area contributed by atoms with Crippen molar-refractivity contribution in [2.45, 2.75) is 13.0 Å². The molecule has 5 heteroatoms. The minimum atomic E-state index is -0.981. The molecule has 0 spiro atoms. The van der Waals surface area contributed by atoms with Gasteiger partial charge < -0.3 is 15.6 Å². The number of carbonyl (C=O) groups is 2. The van der Waals surface area contributed by atoms with E-state index < -0.39 is 12.1 Å². The molecule has 74 valence electrons. The van der Waals surface area contributed by atoms with Gasteiger partial charge in [-0.15, -0.1) is 0 Å². The average Bonchev–Trinajstić information content (AvgIpc) is 2.04. The lowest BCUT2D eigenvalue weighted by Crippen LogP contribution is -2.18. The zero-order valence-corrected chi connectivity index (χ0v) is 7.40. The fraction of sp³-hybridized carbons (Fsp3) is 0.250. The van der Waals surface area contributed by atoms with Crippen LogP contribution in [0.3, 0.4) is 0 Å². The Labute approximate surface area is 76.5 Å². The molecular weight excluding hydrogens is 174 g/mol. The molecule has 0 heterocycles. The third-order valence-electron chi connectivity index (χ3n) is 0.809. The van der Waals surface area contributed by atoms with E-state index in [1.807, 2.05) is 0 Å². The van der Waals surface area contributed by atoms with E-state index in [-0.39, 0.29) is 6.10 Å². The first kappa shape index (κ1) is 13.8. The molecule has 0 aliphatic rings. The number of ether oxygens (including phenoxy) is 1. The molecule has 1 atom stereocenters. The van der Waals surface area contributed by atoms with Crippen LogP contribution in [0.25, 0.3) is 0 Å². The molecule has 0 rings (SSSR count). The third-order valence-corrected chi connectivity index (χ3v) is 0.809. The van der Waals surface area contributed by atoms with E-state index >= 15 is 0 Å². The summed E-state index contributed by atoms with van der Waals surface area (Å²) in [6.07, 6.45) is 1.27. The number of amides is 1. The molecule has 0 fully saturated rings. The first-order valence-corrected chi connectivity index (χ1v) is 3.38. The second kappa shape index (κ2) is 8.32. The number of carboxylic acid groups (broad SMARTS) is 1. The van der Waals surface area contributed by atoms with Crippen molar-refractivity contribution in [2.75, 3.05) is 0 Å². The Kier molecular flexibility index (Phi) is 8.82. The zero-order chi connectivity index (χ0) is 10.9. The lowest BCUT2D eigenvalue weighted by Gasteiger charge is -2.02. The maximum absolute atomic E-state index is 9.92. The zero-order valence-electron chi connectivity index (χ0n) is 7.40. The van der Waals surface area contributed by atoms with Crippen molar-refractivity contribution in [3.05, 3.63) is 25.3 Å². The van der Waals surface area contributed by atoms with E-state index in [0.29, 0.717) is 0 Å². The molecule has 0 saturated carbocycles. The third kappa shape index (κ3) is 17.8. The van der Waals surface area contributed by atoms with E-state index in [1.165, 1.54) is 6.08 Å². The van der Waals surface area contributed by atoms with Crippen molar-refractivity contribution in [2.24, 2.45) is 5.73 Å². The SMILES string of the molecule is C=CC(=O)O.C=CC(C)OC(N)=O. The monoisotopic (exact) mass is 187 g/mol. The first-order valence-electron chi connectivity index (χ1n) is 3.38. The Morgan fingerprint density at radius 3 is 2.00 bits per heavy atom. The molecule has 5 nitrogen and oxygen atoms in total. The van der Waals surface area contributed by atoms with Crippen LogP contribution in [-0.2, 0) is 9.53 Å². The van der Waals surface area contributed by atoms with E-state index in [4.69, 9.17) is 5.11 Å². The maximum Gasteiger partial charge on any atom is 0.405 e. The average molecular weight is 187 g/mol. The lowest BCUT2D eigenvalue weighted by atomic mass is 10.4. The second-order valence-electron chi connectivity index (χ2n) is 1.92. The van der Waals surface area contributed by atoms with E-state index in [2.05, 4.69) is 23.6 Å². The summed E-state index contributed by atoms with van der Waals surface area (Å²) >= 11 is 0. The van der Waals surface area contributed by atoms with Gasteiger partial charge in [0.05, 0.1) is 0 Å². The summed E-state index contributed by atoms with van der Waals surface area (Å²) in [6.45, 7) is 8.02. The highest BCUT2D eigenvalue weighted by molar-refractivity contribution is 5.78. The standard InChI is InChI=1S/C5H9NO2.C3H4O2/c1-3-4(2)8-5(6)7;1-2-3(4)5/h3-4H,1H2,2H3,(H2,6,7);2H,1H2,(H,4,5). The molecule has 1 amide bonds. The summed E-state index contributed by atoms with van der Waals surface area (Å²) in [4.78, 5) is 19.2. The Balaban J connectivity index is 0.